The first-order chi connectivity index (χ1) is 23.2. The van der Waals surface area contributed by atoms with Crippen molar-refractivity contribution >= 4 is 38.6 Å². The van der Waals surface area contributed by atoms with Crippen molar-refractivity contribution in [3.8, 4) is 5.75 Å². The second-order valence-corrected chi connectivity index (χ2v) is 15.1. The standard InChI is InChI=1S/C37H40FN3O7S/c1-6-46-33(42)21-27-10-7-8-13-32(27)47-24-25-14-15-28-23-40-41(31(28)20-25)49(44,45)37(5)18-16-26(17-19-37)30-12-9-11-29(34(30)38)22-39-35(43)48-36(2,3)4/h7-18,20,23H,6,19,21-22,24H2,1-5H3,(H,39,43). The topological polar surface area (TPSA) is 126 Å². The summed E-state index contributed by atoms with van der Waals surface area (Å²) in [5.74, 6) is -0.342. The van der Waals surface area contributed by atoms with E-state index in [1.54, 1.807) is 95.3 Å². The zero-order valence-electron chi connectivity index (χ0n) is 28.2. The Bertz CT molecular complexity index is 2050. The normalized spacial score (nSPS) is 16.2. The van der Waals surface area contributed by atoms with Gasteiger partial charge in [0.1, 0.15) is 28.5 Å². The number of ether oxygens (including phenoxy) is 3. The van der Waals surface area contributed by atoms with Crippen molar-refractivity contribution in [2.24, 2.45) is 0 Å². The van der Waals surface area contributed by atoms with Crippen LogP contribution in [-0.2, 0) is 43.9 Å². The lowest BCUT2D eigenvalue weighted by Crippen LogP contribution is -2.38. The number of carbonyl (C=O) groups is 2. The van der Waals surface area contributed by atoms with E-state index in [0.717, 1.165) is 4.09 Å². The summed E-state index contributed by atoms with van der Waals surface area (Å²) < 4.78 is 59.8. The molecule has 1 aliphatic rings. The van der Waals surface area contributed by atoms with Crippen molar-refractivity contribution in [3.63, 3.8) is 0 Å². The van der Waals surface area contributed by atoms with Gasteiger partial charge in [-0.2, -0.15) is 9.19 Å². The molecule has 0 radical (unpaired) electrons. The van der Waals surface area contributed by atoms with Crippen LogP contribution in [0, 0.1) is 5.82 Å². The molecule has 5 rings (SSSR count). The number of nitrogens with one attached hydrogen (secondary N) is 1. The minimum absolute atomic E-state index is 0.0692. The van der Waals surface area contributed by atoms with E-state index in [0.29, 0.717) is 33.4 Å². The van der Waals surface area contributed by atoms with Crippen LogP contribution in [0.2, 0.25) is 0 Å². The molecule has 0 aliphatic heterocycles. The third-order valence-corrected chi connectivity index (χ3v) is 10.2. The molecule has 1 aliphatic carbocycles. The first kappa shape index (κ1) is 35.3. The largest absolute Gasteiger partial charge is 0.489 e. The van der Waals surface area contributed by atoms with Crippen LogP contribution >= 0.6 is 0 Å². The molecular weight excluding hydrogens is 649 g/mol. The van der Waals surface area contributed by atoms with Crippen LogP contribution in [0.3, 0.4) is 0 Å². The maximum Gasteiger partial charge on any atom is 0.407 e. The zero-order chi connectivity index (χ0) is 35.4. The highest BCUT2D eigenvalue weighted by Crippen LogP contribution is 2.36. The molecule has 12 heteroatoms. The SMILES string of the molecule is CCOC(=O)Cc1ccccc1OCc1ccc2cnn(S(=O)(=O)C3(C)C=CC(c4cccc(CNC(=O)OC(C)(C)C)c4F)=CC3)c2c1. The predicted octanol–water partition coefficient (Wildman–Crippen LogP) is 6.86. The number of alkyl carbamates (subject to hydrolysis) is 1. The molecule has 3 aromatic carbocycles. The van der Waals surface area contributed by atoms with Gasteiger partial charge in [0.15, 0.2) is 0 Å². The number of benzene rings is 3. The predicted molar refractivity (Wildman–Crippen MR) is 185 cm³/mol. The Morgan fingerprint density at radius 2 is 1.82 bits per heavy atom. The van der Waals surface area contributed by atoms with E-state index in [9.17, 15) is 18.0 Å². The number of nitrogens with zero attached hydrogens (tertiary/aromatic N) is 2. The Morgan fingerprint density at radius 1 is 1.06 bits per heavy atom. The minimum Gasteiger partial charge on any atom is -0.489 e. The van der Waals surface area contributed by atoms with Crippen molar-refractivity contribution in [1.82, 2.24) is 14.5 Å². The smallest absolute Gasteiger partial charge is 0.407 e. The molecule has 0 spiro atoms. The van der Waals surface area contributed by atoms with Crippen LogP contribution in [0.5, 0.6) is 5.75 Å². The summed E-state index contributed by atoms with van der Waals surface area (Å²) in [5, 5.41) is 7.45. The Balaban J connectivity index is 1.32. The number of amides is 1. The van der Waals surface area contributed by atoms with E-state index in [2.05, 4.69) is 10.4 Å². The molecule has 1 amide bonds. The average molecular weight is 690 g/mol. The van der Waals surface area contributed by atoms with Crippen LogP contribution in [0.15, 0.2) is 85.1 Å². The molecule has 1 unspecified atom stereocenters. The van der Waals surface area contributed by atoms with Crippen LogP contribution in [0.25, 0.3) is 16.5 Å². The maximum atomic E-state index is 15.6. The Labute approximate surface area is 285 Å². The van der Waals surface area contributed by atoms with Crippen molar-refractivity contribution in [2.75, 3.05) is 6.61 Å². The highest BCUT2D eigenvalue weighted by Gasteiger charge is 2.40. The molecule has 0 saturated carbocycles. The first-order valence-corrected chi connectivity index (χ1v) is 17.4. The van der Waals surface area contributed by atoms with Gasteiger partial charge in [-0.15, -0.1) is 0 Å². The molecule has 0 fully saturated rings. The van der Waals surface area contributed by atoms with Crippen molar-refractivity contribution < 1.29 is 36.6 Å². The quantitative estimate of drug-likeness (QED) is 0.169. The molecule has 1 aromatic heterocycles. The van der Waals surface area contributed by atoms with E-state index in [4.69, 9.17) is 14.2 Å². The number of hydrogen-bond acceptors (Lipinski definition) is 8. The molecule has 1 heterocycles. The Kier molecular flexibility index (Phi) is 10.3. The molecular formula is C37H40FN3O7S. The van der Waals surface area contributed by atoms with E-state index in [1.165, 1.54) is 6.20 Å². The van der Waals surface area contributed by atoms with Gasteiger partial charge in [0.2, 0.25) is 0 Å². The van der Waals surface area contributed by atoms with Crippen molar-refractivity contribution in [2.45, 2.75) is 71.0 Å². The summed E-state index contributed by atoms with van der Waals surface area (Å²) >= 11 is 0. The van der Waals surface area contributed by atoms with Gasteiger partial charge < -0.3 is 19.5 Å². The summed E-state index contributed by atoms with van der Waals surface area (Å²) in [6.45, 7) is 8.91. The van der Waals surface area contributed by atoms with Gasteiger partial charge in [-0.05, 0) is 64.3 Å². The molecule has 4 aromatic rings. The zero-order valence-corrected chi connectivity index (χ0v) is 29.0. The van der Waals surface area contributed by atoms with Crippen molar-refractivity contribution in [1.29, 1.82) is 0 Å². The molecule has 0 saturated heterocycles. The summed E-state index contributed by atoms with van der Waals surface area (Å²) in [7, 11) is -4.08. The number of allylic oxidation sites excluding steroid dienone is 3. The lowest BCUT2D eigenvalue weighted by atomic mass is 9.92. The second-order valence-electron chi connectivity index (χ2n) is 12.9. The molecule has 10 nitrogen and oxygen atoms in total. The average Bonchev–Trinajstić information content (AvgIpc) is 3.48. The number of hydrogen-bond donors (Lipinski definition) is 1. The monoisotopic (exact) mass is 689 g/mol. The third kappa shape index (κ3) is 8.02. The molecule has 1 atom stereocenters. The van der Waals surface area contributed by atoms with Crippen LogP contribution in [0.1, 0.15) is 63.3 Å². The van der Waals surface area contributed by atoms with Crippen LogP contribution < -0.4 is 10.1 Å². The number of carbonyl (C=O) groups excluding carboxylic acids is 2. The fourth-order valence-electron chi connectivity index (χ4n) is 5.37. The second kappa shape index (κ2) is 14.3. The van der Waals surface area contributed by atoms with Gasteiger partial charge in [0.05, 0.1) is 24.7 Å². The molecule has 258 valence electrons. The summed E-state index contributed by atoms with van der Waals surface area (Å²) in [6, 6.07) is 17.4. The number of aromatic nitrogens is 2. The van der Waals surface area contributed by atoms with E-state index in [1.807, 2.05) is 18.2 Å². The molecule has 0 bridgehead atoms. The van der Waals surface area contributed by atoms with Crippen LogP contribution in [-0.4, -0.2) is 46.6 Å². The highest BCUT2D eigenvalue weighted by molar-refractivity contribution is 7.91. The van der Waals surface area contributed by atoms with Gasteiger partial charge in [0.25, 0.3) is 10.0 Å². The lowest BCUT2D eigenvalue weighted by Gasteiger charge is -2.28. The van der Waals surface area contributed by atoms with Crippen molar-refractivity contribution in [3.05, 3.63) is 113 Å². The van der Waals surface area contributed by atoms with E-state index < -0.39 is 32.3 Å². The lowest BCUT2D eigenvalue weighted by molar-refractivity contribution is -0.142. The molecule has 49 heavy (non-hydrogen) atoms. The number of halogens is 1. The first-order valence-electron chi connectivity index (χ1n) is 15.9. The Hall–Kier alpha value is -4.97. The Morgan fingerprint density at radius 3 is 2.53 bits per heavy atom. The highest BCUT2D eigenvalue weighted by atomic mass is 32.2. The van der Waals surface area contributed by atoms with E-state index in [-0.39, 0.29) is 49.7 Å². The minimum atomic E-state index is -4.08. The number of fused-ring (bicyclic) bond motifs is 1. The number of esters is 1. The molecule has 1 N–H and O–H groups in total. The third-order valence-electron chi connectivity index (χ3n) is 7.98. The summed E-state index contributed by atoms with van der Waals surface area (Å²) in [6.07, 6.45) is 5.83. The van der Waals surface area contributed by atoms with Crippen LogP contribution in [0.4, 0.5) is 9.18 Å². The fourth-order valence-corrected chi connectivity index (χ4v) is 6.88. The maximum absolute atomic E-state index is 15.6. The fraction of sp³-hybridized carbons (Fsp3) is 0.324. The summed E-state index contributed by atoms with van der Waals surface area (Å²) in [5.41, 5.74) is 2.18. The van der Waals surface area contributed by atoms with Gasteiger partial charge in [-0.3, -0.25) is 4.79 Å². The van der Waals surface area contributed by atoms with Gasteiger partial charge in [0, 0.05) is 28.6 Å². The van der Waals surface area contributed by atoms with Gasteiger partial charge in [-0.1, -0.05) is 66.8 Å². The van der Waals surface area contributed by atoms with E-state index >= 15 is 4.39 Å². The van der Waals surface area contributed by atoms with Gasteiger partial charge >= 0.3 is 12.1 Å². The van der Waals surface area contributed by atoms with Gasteiger partial charge in [-0.25, -0.2) is 17.6 Å². The summed E-state index contributed by atoms with van der Waals surface area (Å²) in [4.78, 5) is 24.1. The number of rotatable bonds is 11. The number of para-hydroxylation sites is 1.